The van der Waals surface area contributed by atoms with Gasteiger partial charge >= 0.3 is 23.9 Å². The second kappa shape index (κ2) is 23.1. The van der Waals surface area contributed by atoms with Crippen LogP contribution in [0.15, 0.2) is 60.7 Å². The minimum atomic E-state index is -1.47. The van der Waals surface area contributed by atoms with Crippen molar-refractivity contribution in [2.24, 2.45) is 29.1 Å². The van der Waals surface area contributed by atoms with Crippen molar-refractivity contribution in [3.8, 4) is 12.3 Å². The molecule has 5 aliphatic rings. The third-order valence-corrected chi connectivity index (χ3v) is 16.9. The summed E-state index contributed by atoms with van der Waals surface area (Å²) in [5.74, 6) is -3.28. The molecule has 412 valence electrons. The van der Waals surface area contributed by atoms with E-state index in [-0.39, 0.29) is 44.3 Å². The largest absolute Gasteiger partial charge is 0.458 e. The second-order valence-electron chi connectivity index (χ2n) is 22.8. The van der Waals surface area contributed by atoms with Gasteiger partial charge in [-0.05, 0) is 106 Å². The lowest BCUT2D eigenvalue weighted by molar-refractivity contribution is -0.319. The Labute approximate surface area is 443 Å². The molecule has 0 saturated carbocycles. The molecule has 0 N–H and O–H groups in total. The van der Waals surface area contributed by atoms with Crippen molar-refractivity contribution >= 4 is 29.7 Å². The average molecular weight is 1050 g/mol. The van der Waals surface area contributed by atoms with E-state index >= 15 is 9.59 Å². The number of ether oxygens (including phenoxy) is 10. The number of likely N-dealkylation sites (N-methyl/N-ethyl adjacent to an activating group) is 2. The molecule has 17 nitrogen and oxygen atoms in total. The number of methoxy groups -OCH3 is 1. The van der Waals surface area contributed by atoms with Crippen molar-refractivity contribution < 1.29 is 71.3 Å². The summed E-state index contributed by atoms with van der Waals surface area (Å²) in [4.78, 5) is 76.2. The van der Waals surface area contributed by atoms with Gasteiger partial charge in [0.15, 0.2) is 30.4 Å². The van der Waals surface area contributed by atoms with E-state index in [1.807, 2.05) is 78.4 Å². The van der Waals surface area contributed by atoms with Crippen LogP contribution in [0.5, 0.6) is 0 Å². The predicted molar refractivity (Wildman–Crippen MR) is 275 cm³/mol. The average Bonchev–Trinajstić information content (AvgIpc) is 3.84. The lowest BCUT2D eigenvalue weighted by Gasteiger charge is -2.50. The Kier molecular flexibility index (Phi) is 17.8. The quantitative estimate of drug-likeness (QED) is 0.118. The van der Waals surface area contributed by atoms with E-state index in [0.717, 1.165) is 0 Å². The number of carbonyl (C=O) groups excluding carboxylic acids is 5. The number of cyclic esters (lactones) is 1. The summed E-state index contributed by atoms with van der Waals surface area (Å²) in [7, 11) is 7.12. The van der Waals surface area contributed by atoms with Crippen LogP contribution in [0.3, 0.4) is 0 Å². The molecule has 1 unspecified atom stereocenters. The van der Waals surface area contributed by atoms with Crippen LogP contribution in [-0.2, 0) is 61.8 Å². The molecule has 2 aromatic rings. The highest BCUT2D eigenvalue weighted by Gasteiger charge is 2.71. The maximum atomic E-state index is 15.6. The summed E-state index contributed by atoms with van der Waals surface area (Å²) in [5.41, 5.74) is -4.51. The van der Waals surface area contributed by atoms with Crippen molar-refractivity contribution in [2.45, 2.75) is 179 Å². The van der Waals surface area contributed by atoms with Gasteiger partial charge < -0.3 is 52.3 Å². The third-order valence-electron chi connectivity index (χ3n) is 16.9. The second-order valence-corrected chi connectivity index (χ2v) is 22.8. The fourth-order valence-corrected chi connectivity index (χ4v) is 13.2. The molecule has 0 aliphatic carbocycles. The van der Waals surface area contributed by atoms with Crippen LogP contribution >= 0.6 is 0 Å². The maximum absolute atomic E-state index is 15.6. The SMILES string of the molecule is C#CCO[C@]1(C)C[C@@H](C)C(=O)[C@@]2(C)CN(C)[C@H]3C(=O)O[C@](C)(C(CC)OC(=O)[C@H](C)[C@@H](O[C@H]4C[C@@](C)(OC)[C@@H](OC(=O)c5ccccc5)[C@H](C)O4)[C@H](C)[C@H]1O[C@@H]1O[C@H](C)C[C@H](N(C)C)[C@H]1OC(=O)c1ccccc1)[C@H]32. The van der Waals surface area contributed by atoms with Crippen LogP contribution in [0.4, 0.5) is 0 Å². The smallest absolute Gasteiger partial charge is 0.338 e. The van der Waals surface area contributed by atoms with Crippen LogP contribution in [0.25, 0.3) is 0 Å². The Morgan fingerprint density at radius 3 is 2.00 bits per heavy atom. The molecular weight excluding hydrogens is 965 g/mol. The molecule has 75 heavy (non-hydrogen) atoms. The van der Waals surface area contributed by atoms with Gasteiger partial charge in [0.05, 0.1) is 53.1 Å². The molecule has 2 aromatic carbocycles. The van der Waals surface area contributed by atoms with Crippen molar-refractivity contribution in [3.63, 3.8) is 0 Å². The molecule has 5 aliphatic heterocycles. The van der Waals surface area contributed by atoms with Gasteiger partial charge in [0.25, 0.3) is 0 Å². The number of nitrogens with zero attached hydrogens (tertiary/aromatic N) is 2. The van der Waals surface area contributed by atoms with Gasteiger partial charge in [0.1, 0.15) is 30.1 Å². The predicted octanol–water partition coefficient (Wildman–Crippen LogP) is 6.68. The molecule has 0 spiro atoms. The van der Waals surface area contributed by atoms with Gasteiger partial charge in [0.2, 0.25) is 0 Å². The highest BCUT2D eigenvalue weighted by molar-refractivity contribution is 5.92. The van der Waals surface area contributed by atoms with Gasteiger partial charge in [-0.2, -0.15) is 0 Å². The van der Waals surface area contributed by atoms with E-state index < -0.39 is 131 Å². The van der Waals surface area contributed by atoms with Crippen LogP contribution in [-0.4, -0.2) is 165 Å². The lowest BCUT2D eigenvalue weighted by Crippen LogP contribution is -2.62. The molecule has 5 heterocycles. The van der Waals surface area contributed by atoms with E-state index in [1.54, 1.807) is 82.4 Å². The standard InChI is InChI=1S/C58H80N2O15/c1-16-28-67-57(10)30-33(3)47(61)55(8)32-60(14)43-46(55)58(11,75-53(43)65)41(17-2)70-50(62)36(6)44(71-42-31-56(9,66-15)49(37(7)69-42)73-52(64)39-26-22-19-23-27-39)35(5)48(57)74-54-45(40(59(12)13)29-34(4)68-54)72-51(63)38-24-20-18-21-25-38/h1,18-27,33-37,40-46,48-49,54H,17,28-32H2,2-15H3/t33-,34-,35+,36-,37+,40+,41?,42+,43-,44+,45-,46-,48-,49+,54+,55+,56-,57-,58-/m1/s1. The summed E-state index contributed by atoms with van der Waals surface area (Å²) in [5, 5.41) is 0. The number of esters is 4. The van der Waals surface area contributed by atoms with Crippen LogP contribution in [0.2, 0.25) is 0 Å². The first-order chi connectivity index (χ1) is 35.4. The number of benzene rings is 2. The van der Waals surface area contributed by atoms with Crippen LogP contribution in [0.1, 0.15) is 116 Å². The Morgan fingerprint density at radius 2 is 1.43 bits per heavy atom. The molecule has 0 aromatic heterocycles. The zero-order valence-corrected chi connectivity index (χ0v) is 46.3. The number of hydrogen-bond donors (Lipinski definition) is 0. The van der Waals surface area contributed by atoms with E-state index in [9.17, 15) is 14.4 Å². The van der Waals surface area contributed by atoms with Crippen molar-refractivity contribution in [1.82, 2.24) is 9.80 Å². The first-order valence-corrected chi connectivity index (χ1v) is 26.5. The molecule has 5 saturated heterocycles. The van der Waals surface area contributed by atoms with Gasteiger partial charge in [-0.15, -0.1) is 6.42 Å². The molecule has 0 amide bonds. The van der Waals surface area contributed by atoms with Gasteiger partial charge in [0, 0.05) is 43.2 Å². The lowest BCUT2D eigenvalue weighted by atomic mass is 9.62. The van der Waals surface area contributed by atoms with E-state index in [2.05, 4.69) is 5.92 Å². The summed E-state index contributed by atoms with van der Waals surface area (Å²) in [6.07, 6.45) is -1.83. The number of Topliss-reactive ketones (excluding diaryl/α,β-unsaturated/α-hetero) is 1. The first kappa shape index (κ1) is 57.9. The van der Waals surface area contributed by atoms with Crippen LogP contribution in [0, 0.1) is 41.4 Å². The Morgan fingerprint density at radius 1 is 0.813 bits per heavy atom. The summed E-state index contributed by atoms with van der Waals surface area (Å²) in [6.45, 7) is 18.2. The highest BCUT2D eigenvalue weighted by atomic mass is 16.7. The maximum Gasteiger partial charge on any atom is 0.338 e. The molecule has 0 radical (unpaired) electrons. The third kappa shape index (κ3) is 11.5. The van der Waals surface area contributed by atoms with Crippen LogP contribution < -0.4 is 0 Å². The van der Waals surface area contributed by atoms with E-state index in [0.29, 0.717) is 17.5 Å². The van der Waals surface area contributed by atoms with Gasteiger partial charge in [-0.1, -0.05) is 70.0 Å². The molecule has 0 bridgehead atoms. The Bertz CT molecular complexity index is 2400. The zero-order chi connectivity index (χ0) is 54.9. The number of rotatable bonds is 13. The van der Waals surface area contributed by atoms with Crippen molar-refractivity contribution in [2.75, 3.05) is 41.4 Å². The minimum absolute atomic E-state index is 0.0362. The number of likely N-dealkylation sites (tertiary alicyclic amines) is 1. The van der Waals surface area contributed by atoms with Gasteiger partial charge in [-0.3, -0.25) is 19.3 Å². The number of terminal acetylenes is 1. The molecule has 19 atom stereocenters. The number of carbonyl (C=O) groups is 5. The van der Waals surface area contributed by atoms with Crippen molar-refractivity contribution in [1.29, 1.82) is 0 Å². The van der Waals surface area contributed by atoms with E-state index in [1.165, 1.54) is 7.11 Å². The molecular formula is C58H80N2O15. The number of hydrogen-bond acceptors (Lipinski definition) is 17. The molecule has 7 rings (SSSR count). The highest BCUT2D eigenvalue weighted by Crippen LogP contribution is 2.56. The molecule has 17 heteroatoms. The summed E-state index contributed by atoms with van der Waals surface area (Å²) < 4.78 is 66.2. The first-order valence-electron chi connectivity index (χ1n) is 26.5. The fourth-order valence-electron chi connectivity index (χ4n) is 13.2. The Hall–Kier alpha value is -4.77. The normalized spacial score (nSPS) is 40.7. The monoisotopic (exact) mass is 1040 g/mol. The molecule has 5 fully saturated rings. The van der Waals surface area contributed by atoms with Crippen molar-refractivity contribution in [3.05, 3.63) is 71.8 Å². The zero-order valence-electron chi connectivity index (χ0n) is 46.3. The topological polar surface area (TPSA) is 184 Å². The summed E-state index contributed by atoms with van der Waals surface area (Å²) in [6, 6.07) is 16.1. The minimum Gasteiger partial charge on any atom is -0.458 e. The fraction of sp³-hybridized carbons (Fsp3) is 0.672. The Balaban J connectivity index is 1.36. The number of ketones is 1. The summed E-state index contributed by atoms with van der Waals surface area (Å²) >= 11 is 0. The van der Waals surface area contributed by atoms with Gasteiger partial charge in [-0.25, -0.2) is 9.59 Å². The van der Waals surface area contributed by atoms with E-state index in [4.69, 9.17) is 53.8 Å².